The van der Waals surface area contributed by atoms with Crippen molar-refractivity contribution in [3.05, 3.63) is 45.8 Å². The number of nitrogens with zero attached hydrogens (tertiary/aromatic N) is 2. The van der Waals surface area contributed by atoms with Crippen LogP contribution in [-0.2, 0) is 16.0 Å². The standard InChI is InChI=1S/C20H24ClN3O3S/c1-3-16-12-17(20(26)27-2)19(28-16)22-18(25)13-23-8-10-24(11-9-23)15-6-4-14(21)5-7-15/h4-7,12H,3,8-11,13H2,1-2H3,(H,22,25). The van der Waals surface area contributed by atoms with Gasteiger partial charge in [-0.05, 0) is 36.8 Å². The van der Waals surface area contributed by atoms with E-state index in [9.17, 15) is 9.59 Å². The minimum atomic E-state index is -0.428. The number of anilines is 2. The van der Waals surface area contributed by atoms with E-state index in [1.54, 1.807) is 6.07 Å². The smallest absolute Gasteiger partial charge is 0.340 e. The van der Waals surface area contributed by atoms with Crippen molar-refractivity contribution in [3.8, 4) is 0 Å². The van der Waals surface area contributed by atoms with Crippen LogP contribution in [0, 0.1) is 0 Å². The average molecular weight is 422 g/mol. The number of hydrogen-bond donors (Lipinski definition) is 1. The lowest BCUT2D eigenvalue weighted by Crippen LogP contribution is -2.48. The summed E-state index contributed by atoms with van der Waals surface area (Å²) in [5.41, 5.74) is 1.56. The van der Waals surface area contributed by atoms with Gasteiger partial charge in [-0.25, -0.2) is 4.79 Å². The fourth-order valence-electron chi connectivity index (χ4n) is 3.16. The number of esters is 1. The van der Waals surface area contributed by atoms with Crippen molar-refractivity contribution in [2.24, 2.45) is 0 Å². The van der Waals surface area contributed by atoms with Crippen molar-refractivity contribution in [1.82, 2.24) is 4.90 Å². The zero-order chi connectivity index (χ0) is 20.1. The number of piperazine rings is 1. The number of hydrogen-bond acceptors (Lipinski definition) is 6. The van der Waals surface area contributed by atoms with E-state index in [4.69, 9.17) is 16.3 Å². The van der Waals surface area contributed by atoms with Crippen LogP contribution < -0.4 is 10.2 Å². The molecule has 28 heavy (non-hydrogen) atoms. The number of rotatable bonds is 6. The summed E-state index contributed by atoms with van der Waals surface area (Å²) in [7, 11) is 1.34. The van der Waals surface area contributed by atoms with Crippen molar-refractivity contribution in [2.75, 3.05) is 50.1 Å². The number of benzene rings is 1. The third-order valence-corrected chi connectivity index (χ3v) is 6.17. The van der Waals surface area contributed by atoms with Crippen molar-refractivity contribution >= 4 is 45.5 Å². The molecule has 0 unspecified atom stereocenters. The molecule has 1 N–H and O–H groups in total. The first-order chi connectivity index (χ1) is 13.5. The molecule has 6 nitrogen and oxygen atoms in total. The third-order valence-electron chi connectivity index (χ3n) is 4.72. The fourth-order valence-corrected chi connectivity index (χ4v) is 4.28. The summed E-state index contributed by atoms with van der Waals surface area (Å²) < 4.78 is 4.82. The lowest BCUT2D eigenvalue weighted by atomic mass is 10.2. The Bertz CT molecular complexity index is 830. The van der Waals surface area contributed by atoms with Crippen LogP contribution >= 0.6 is 22.9 Å². The molecule has 0 saturated carbocycles. The van der Waals surface area contributed by atoms with Gasteiger partial charge in [0.15, 0.2) is 0 Å². The molecule has 1 aliphatic heterocycles. The summed E-state index contributed by atoms with van der Waals surface area (Å²) in [5, 5.41) is 4.18. The molecular formula is C20H24ClN3O3S. The topological polar surface area (TPSA) is 61.9 Å². The Morgan fingerprint density at radius 1 is 1.18 bits per heavy atom. The minimum Gasteiger partial charge on any atom is -0.465 e. The van der Waals surface area contributed by atoms with Gasteiger partial charge >= 0.3 is 5.97 Å². The molecule has 0 spiro atoms. The van der Waals surface area contributed by atoms with Gasteiger partial charge in [0, 0.05) is 41.8 Å². The van der Waals surface area contributed by atoms with Crippen LogP contribution in [0.2, 0.25) is 5.02 Å². The monoisotopic (exact) mass is 421 g/mol. The Morgan fingerprint density at radius 2 is 1.86 bits per heavy atom. The number of carbonyl (C=O) groups is 2. The minimum absolute atomic E-state index is 0.116. The van der Waals surface area contributed by atoms with Gasteiger partial charge in [-0.15, -0.1) is 11.3 Å². The highest BCUT2D eigenvalue weighted by Gasteiger charge is 2.22. The molecule has 0 radical (unpaired) electrons. The third kappa shape index (κ3) is 5.04. The van der Waals surface area contributed by atoms with E-state index in [-0.39, 0.29) is 5.91 Å². The normalized spacial score (nSPS) is 14.8. The van der Waals surface area contributed by atoms with Gasteiger partial charge in [0.05, 0.1) is 19.2 Å². The second kappa shape index (κ2) is 9.41. The molecule has 150 valence electrons. The lowest BCUT2D eigenvalue weighted by molar-refractivity contribution is -0.117. The molecule has 1 aliphatic rings. The second-order valence-electron chi connectivity index (χ2n) is 6.59. The Balaban J connectivity index is 1.54. The van der Waals surface area contributed by atoms with Crippen LogP contribution in [0.25, 0.3) is 0 Å². The number of nitrogens with one attached hydrogen (secondary N) is 1. The molecule has 1 aromatic carbocycles. The number of aryl methyl sites for hydroxylation is 1. The maximum absolute atomic E-state index is 12.5. The number of thiophene rings is 1. The van der Waals surface area contributed by atoms with Gasteiger partial charge in [0.2, 0.25) is 5.91 Å². The van der Waals surface area contributed by atoms with E-state index >= 15 is 0 Å². The van der Waals surface area contributed by atoms with Crippen molar-refractivity contribution in [2.45, 2.75) is 13.3 Å². The van der Waals surface area contributed by atoms with E-state index in [2.05, 4.69) is 15.1 Å². The van der Waals surface area contributed by atoms with Gasteiger partial charge in [-0.3, -0.25) is 9.69 Å². The number of methoxy groups -OCH3 is 1. The van der Waals surface area contributed by atoms with Crippen LogP contribution in [0.15, 0.2) is 30.3 Å². The Morgan fingerprint density at radius 3 is 2.46 bits per heavy atom. The first-order valence-corrected chi connectivity index (χ1v) is 10.4. The van der Waals surface area contributed by atoms with E-state index in [0.29, 0.717) is 17.1 Å². The highest BCUT2D eigenvalue weighted by atomic mass is 35.5. The Labute approximate surface area is 174 Å². The van der Waals surface area contributed by atoms with E-state index in [0.717, 1.165) is 48.2 Å². The van der Waals surface area contributed by atoms with Crippen LogP contribution in [0.3, 0.4) is 0 Å². The summed E-state index contributed by atoms with van der Waals surface area (Å²) >= 11 is 7.37. The van der Waals surface area contributed by atoms with Crippen molar-refractivity contribution in [3.63, 3.8) is 0 Å². The van der Waals surface area contributed by atoms with Crippen LogP contribution in [0.5, 0.6) is 0 Å². The molecule has 1 saturated heterocycles. The zero-order valence-corrected chi connectivity index (χ0v) is 17.6. The summed E-state index contributed by atoms with van der Waals surface area (Å²) in [4.78, 5) is 29.9. The van der Waals surface area contributed by atoms with Gasteiger partial charge < -0.3 is 15.0 Å². The molecule has 0 atom stereocenters. The van der Waals surface area contributed by atoms with E-state index < -0.39 is 5.97 Å². The Hall–Kier alpha value is -2.09. The van der Waals surface area contributed by atoms with Crippen LogP contribution in [0.4, 0.5) is 10.7 Å². The largest absolute Gasteiger partial charge is 0.465 e. The molecule has 2 heterocycles. The highest BCUT2D eigenvalue weighted by molar-refractivity contribution is 7.16. The number of amides is 1. The highest BCUT2D eigenvalue weighted by Crippen LogP contribution is 2.29. The molecule has 0 bridgehead atoms. The van der Waals surface area contributed by atoms with Crippen molar-refractivity contribution in [1.29, 1.82) is 0 Å². The maximum Gasteiger partial charge on any atom is 0.340 e. The van der Waals surface area contributed by atoms with Crippen LogP contribution in [0.1, 0.15) is 22.2 Å². The average Bonchev–Trinajstić information content (AvgIpc) is 3.11. The van der Waals surface area contributed by atoms with Gasteiger partial charge in [0.1, 0.15) is 5.00 Å². The summed E-state index contributed by atoms with van der Waals surface area (Å²) in [6.45, 7) is 5.60. The van der Waals surface area contributed by atoms with E-state index in [1.807, 2.05) is 31.2 Å². The van der Waals surface area contributed by atoms with Gasteiger partial charge in [-0.2, -0.15) is 0 Å². The predicted molar refractivity (Wildman–Crippen MR) is 114 cm³/mol. The van der Waals surface area contributed by atoms with E-state index in [1.165, 1.54) is 18.4 Å². The summed E-state index contributed by atoms with van der Waals surface area (Å²) in [5.74, 6) is -0.544. The second-order valence-corrected chi connectivity index (χ2v) is 8.16. The molecule has 1 amide bonds. The van der Waals surface area contributed by atoms with Gasteiger partial charge in [0.25, 0.3) is 0 Å². The number of carbonyl (C=O) groups excluding carboxylic acids is 2. The Kier molecular flexibility index (Phi) is 6.93. The molecule has 8 heteroatoms. The molecular weight excluding hydrogens is 398 g/mol. The quantitative estimate of drug-likeness (QED) is 0.723. The zero-order valence-electron chi connectivity index (χ0n) is 16.0. The number of ether oxygens (including phenoxy) is 1. The summed E-state index contributed by atoms with van der Waals surface area (Å²) in [6.07, 6.45) is 0.803. The molecule has 1 fully saturated rings. The molecule has 2 aromatic rings. The predicted octanol–water partition coefficient (Wildman–Crippen LogP) is 3.51. The molecule has 0 aliphatic carbocycles. The van der Waals surface area contributed by atoms with Crippen LogP contribution in [-0.4, -0.2) is 56.6 Å². The fraction of sp³-hybridized carbons (Fsp3) is 0.400. The summed E-state index contributed by atoms with van der Waals surface area (Å²) in [6, 6.07) is 9.60. The SMILES string of the molecule is CCc1cc(C(=O)OC)c(NC(=O)CN2CCN(c3ccc(Cl)cc3)CC2)s1. The molecule has 1 aromatic heterocycles. The van der Waals surface area contributed by atoms with Crippen molar-refractivity contribution < 1.29 is 14.3 Å². The first-order valence-electron chi connectivity index (χ1n) is 9.24. The molecule has 3 rings (SSSR count). The lowest BCUT2D eigenvalue weighted by Gasteiger charge is -2.35. The van der Waals surface area contributed by atoms with Gasteiger partial charge in [-0.1, -0.05) is 18.5 Å². The maximum atomic E-state index is 12.5. The first kappa shape index (κ1) is 20.6. The number of halogens is 1.